The van der Waals surface area contributed by atoms with Gasteiger partial charge >= 0.3 is 0 Å². The smallest absolute Gasteiger partial charge is 0.264 e. The Kier molecular flexibility index (Phi) is 5.58. The predicted molar refractivity (Wildman–Crippen MR) is 123 cm³/mol. The molecule has 1 atom stereocenters. The van der Waals surface area contributed by atoms with Crippen LogP contribution in [-0.2, 0) is 10.0 Å². The van der Waals surface area contributed by atoms with Crippen LogP contribution in [-0.4, -0.2) is 47.7 Å². The number of aliphatic hydroxyl groups is 1. The Morgan fingerprint density at radius 3 is 2.65 bits per heavy atom. The molecule has 0 spiro atoms. The van der Waals surface area contributed by atoms with Gasteiger partial charge in [0.15, 0.2) is 0 Å². The minimum Gasteiger partial charge on any atom is -0.391 e. The zero-order valence-corrected chi connectivity index (χ0v) is 18.5. The highest BCUT2D eigenvalue weighted by Gasteiger charge is 2.23. The molecule has 5 rings (SSSR count). The first kappa shape index (κ1) is 22.1. The van der Waals surface area contributed by atoms with Crippen LogP contribution < -0.4 is 9.62 Å². The molecule has 2 N–H and O–H groups in total. The number of rotatable bonds is 5. The summed E-state index contributed by atoms with van der Waals surface area (Å²) in [5.41, 5.74) is 2.20. The maximum atomic E-state index is 14.0. The molecule has 174 valence electrons. The Morgan fingerprint density at radius 1 is 1.03 bits per heavy atom. The number of aliphatic hydroxyl groups excluding tert-OH is 1. The van der Waals surface area contributed by atoms with E-state index < -0.39 is 32.7 Å². The SMILES string of the molecule is O=S(=O)(Nc1cncc(-c2ccc3ncnc(N4CC[C@@H](O)C4)c3c2)c1)c1ccc(F)cc1F. The van der Waals surface area contributed by atoms with Crippen LogP contribution in [0.25, 0.3) is 22.0 Å². The minimum absolute atomic E-state index is 0.119. The monoisotopic (exact) mass is 483 g/mol. The van der Waals surface area contributed by atoms with Gasteiger partial charge in [-0.1, -0.05) is 6.07 Å². The first-order valence-corrected chi connectivity index (χ1v) is 11.9. The zero-order valence-electron chi connectivity index (χ0n) is 17.7. The van der Waals surface area contributed by atoms with E-state index in [-0.39, 0.29) is 5.69 Å². The van der Waals surface area contributed by atoms with E-state index in [0.717, 1.165) is 28.6 Å². The largest absolute Gasteiger partial charge is 0.391 e. The van der Waals surface area contributed by atoms with Crippen molar-refractivity contribution in [3.63, 3.8) is 0 Å². The van der Waals surface area contributed by atoms with Crippen molar-refractivity contribution in [2.75, 3.05) is 22.7 Å². The van der Waals surface area contributed by atoms with Crippen LogP contribution >= 0.6 is 0 Å². The second-order valence-corrected chi connectivity index (χ2v) is 9.61. The van der Waals surface area contributed by atoms with Gasteiger partial charge in [-0.25, -0.2) is 27.2 Å². The average Bonchev–Trinajstić information content (AvgIpc) is 3.24. The summed E-state index contributed by atoms with van der Waals surface area (Å²) >= 11 is 0. The highest BCUT2D eigenvalue weighted by molar-refractivity contribution is 7.92. The normalized spacial score (nSPS) is 16.2. The van der Waals surface area contributed by atoms with Gasteiger partial charge in [0, 0.05) is 36.3 Å². The lowest BCUT2D eigenvalue weighted by molar-refractivity contribution is 0.198. The summed E-state index contributed by atoms with van der Waals surface area (Å²) < 4.78 is 54.7. The molecule has 1 aliphatic heterocycles. The van der Waals surface area contributed by atoms with Gasteiger partial charge in [-0.3, -0.25) is 9.71 Å². The average molecular weight is 484 g/mol. The number of nitrogens with zero attached hydrogens (tertiary/aromatic N) is 4. The molecule has 11 heteroatoms. The van der Waals surface area contributed by atoms with Crippen molar-refractivity contribution in [1.29, 1.82) is 0 Å². The molecule has 1 aliphatic rings. The second-order valence-electron chi connectivity index (χ2n) is 7.96. The van der Waals surface area contributed by atoms with Gasteiger partial charge < -0.3 is 10.0 Å². The van der Waals surface area contributed by atoms with E-state index in [9.17, 15) is 22.3 Å². The van der Waals surface area contributed by atoms with Crippen LogP contribution in [0.15, 0.2) is 66.1 Å². The number of aromatic nitrogens is 3. The number of hydrogen-bond donors (Lipinski definition) is 2. The fourth-order valence-corrected chi connectivity index (χ4v) is 5.06. The molecule has 0 aliphatic carbocycles. The molecule has 0 radical (unpaired) electrons. The zero-order chi connectivity index (χ0) is 23.9. The molecule has 0 amide bonds. The fourth-order valence-electron chi connectivity index (χ4n) is 3.97. The fraction of sp³-hybridized carbons (Fsp3) is 0.174. The summed E-state index contributed by atoms with van der Waals surface area (Å²) in [4.78, 5) is 14.2. The molecule has 8 nitrogen and oxygen atoms in total. The second kappa shape index (κ2) is 8.58. The third-order valence-corrected chi connectivity index (χ3v) is 7.00. The van der Waals surface area contributed by atoms with Gasteiger partial charge in [-0.15, -0.1) is 0 Å². The standard InChI is InChI=1S/C23H19F2N5O3S/c24-16-2-4-22(20(25)9-16)34(32,33)29-17-7-15(10-26-11-17)14-1-3-21-19(8-14)23(28-13-27-21)30-6-5-18(31)12-30/h1-4,7-11,13,18,29,31H,5-6,12H2/t18-/m1/s1. The van der Waals surface area contributed by atoms with E-state index in [2.05, 4.69) is 19.7 Å². The van der Waals surface area contributed by atoms with Crippen molar-refractivity contribution >= 4 is 32.4 Å². The first-order valence-electron chi connectivity index (χ1n) is 10.4. The Bertz CT molecular complexity index is 1500. The first-order chi connectivity index (χ1) is 16.3. The van der Waals surface area contributed by atoms with Crippen LogP contribution in [0.5, 0.6) is 0 Å². The molecular formula is C23H19F2N5O3S. The van der Waals surface area contributed by atoms with Gasteiger partial charge in [0.1, 0.15) is 28.7 Å². The highest BCUT2D eigenvalue weighted by Crippen LogP contribution is 2.31. The molecule has 3 heterocycles. The number of nitrogens with one attached hydrogen (secondary N) is 1. The number of anilines is 2. The van der Waals surface area contributed by atoms with Gasteiger partial charge in [-0.05, 0) is 42.3 Å². The Labute approximate surface area is 194 Å². The topological polar surface area (TPSA) is 108 Å². The van der Waals surface area contributed by atoms with E-state index in [1.165, 1.54) is 12.5 Å². The summed E-state index contributed by atoms with van der Waals surface area (Å²) in [6.45, 7) is 1.16. The number of sulfonamides is 1. The summed E-state index contributed by atoms with van der Waals surface area (Å²) in [5, 5.41) is 10.7. The number of halogens is 2. The summed E-state index contributed by atoms with van der Waals surface area (Å²) in [6.07, 6.45) is 4.59. The lowest BCUT2D eigenvalue weighted by Crippen LogP contribution is -2.22. The third-order valence-electron chi connectivity index (χ3n) is 5.58. The molecule has 0 unspecified atom stereocenters. The third kappa shape index (κ3) is 4.27. The van der Waals surface area contributed by atoms with E-state index in [1.54, 1.807) is 12.3 Å². The van der Waals surface area contributed by atoms with Crippen molar-refractivity contribution in [3.05, 3.63) is 72.8 Å². The van der Waals surface area contributed by atoms with Crippen molar-refractivity contribution < 1.29 is 22.3 Å². The van der Waals surface area contributed by atoms with Crippen molar-refractivity contribution in [3.8, 4) is 11.1 Å². The van der Waals surface area contributed by atoms with Gasteiger partial charge in [0.25, 0.3) is 10.0 Å². The van der Waals surface area contributed by atoms with Crippen LogP contribution in [0.4, 0.5) is 20.3 Å². The summed E-state index contributed by atoms with van der Waals surface area (Å²) in [6, 6.07) is 9.35. The van der Waals surface area contributed by atoms with Crippen LogP contribution in [0, 0.1) is 11.6 Å². The van der Waals surface area contributed by atoms with E-state index in [4.69, 9.17) is 0 Å². The molecule has 2 aromatic heterocycles. The maximum Gasteiger partial charge on any atom is 0.264 e. The van der Waals surface area contributed by atoms with E-state index in [1.807, 2.05) is 23.1 Å². The molecule has 1 saturated heterocycles. The molecule has 4 aromatic rings. The summed E-state index contributed by atoms with van der Waals surface area (Å²) in [7, 11) is -4.30. The molecule has 1 fully saturated rings. The number of pyridine rings is 1. The van der Waals surface area contributed by atoms with Crippen LogP contribution in [0.3, 0.4) is 0 Å². The van der Waals surface area contributed by atoms with Crippen molar-refractivity contribution in [1.82, 2.24) is 15.0 Å². The van der Waals surface area contributed by atoms with Gasteiger partial charge in [0.05, 0.1) is 23.5 Å². The number of hydrogen-bond acceptors (Lipinski definition) is 7. The Balaban J connectivity index is 1.49. The molecule has 2 aromatic carbocycles. The molecule has 34 heavy (non-hydrogen) atoms. The quantitative estimate of drug-likeness (QED) is 0.448. The Morgan fingerprint density at radius 2 is 1.88 bits per heavy atom. The predicted octanol–water partition coefficient (Wildman–Crippen LogP) is 3.34. The lowest BCUT2D eigenvalue weighted by Gasteiger charge is -2.18. The molecule has 0 saturated carbocycles. The highest BCUT2D eigenvalue weighted by atomic mass is 32.2. The molecule has 0 bridgehead atoms. The minimum atomic E-state index is -4.30. The number of fused-ring (bicyclic) bond motifs is 1. The molecular weight excluding hydrogens is 464 g/mol. The van der Waals surface area contributed by atoms with Crippen molar-refractivity contribution in [2.45, 2.75) is 17.4 Å². The number of benzene rings is 2. The van der Waals surface area contributed by atoms with E-state index >= 15 is 0 Å². The van der Waals surface area contributed by atoms with Gasteiger partial charge in [-0.2, -0.15) is 0 Å². The van der Waals surface area contributed by atoms with E-state index in [0.29, 0.717) is 37.0 Å². The summed E-state index contributed by atoms with van der Waals surface area (Å²) in [5.74, 6) is -1.35. The Hall–Kier alpha value is -3.70. The van der Waals surface area contributed by atoms with Gasteiger partial charge in [0.2, 0.25) is 0 Å². The maximum absolute atomic E-state index is 14.0. The van der Waals surface area contributed by atoms with Crippen LogP contribution in [0.2, 0.25) is 0 Å². The number of β-amino-alcohol motifs (C(OH)–C–C–N with tert-alkyl or cyclic N) is 1. The lowest BCUT2D eigenvalue weighted by atomic mass is 10.0. The van der Waals surface area contributed by atoms with Crippen LogP contribution in [0.1, 0.15) is 6.42 Å². The van der Waals surface area contributed by atoms with Crippen molar-refractivity contribution in [2.24, 2.45) is 0 Å².